The maximum atomic E-state index is 13.3. The Balaban J connectivity index is 1.84. The Morgan fingerprint density at radius 3 is 2.59 bits per heavy atom. The number of ether oxygens (including phenoxy) is 1. The van der Waals surface area contributed by atoms with Crippen LogP contribution >= 0.6 is 11.8 Å². The molecule has 156 valence electrons. The Hall–Kier alpha value is -2.55. The number of fused-ring (bicyclic) bond motifs is 1. The number of amides is 1. The molecule has 0 unspecified atom stereocenters. The smallest absolute Gasteiger partial charge is 0.408 e. The highest BCUT2D eigenvalue weighted by molar-refractivity contribution is 8.02. The molecular formula is C20H26FN5O2S. The van der Waals surface area contributed by atoms with Gasteiger partial charge in [0, 0.05) is 11.0 Å². The summed E-state index contributed by atoms with van der Waals surface area (Å²) in [5.74, 6) is 0.605. The molecule has 2 heterocycles. The van der Waals surface area contributed by atoms with Gasteiger partial charge in [-0.3, -0.25) is 5.43 Å². The summed E-state index contributed by atoms with van der Waals surface area (Å²) in [6.45, 7) is 9.61. The quantitative estimate of drug-likeness (QED) is 0.733. The van der Waals surface area contributed by atoms with Crippen LogP contribution in [-0.4, -0.2) is 26.6 Å². The van der Waals surface area contributed by atoms with Gasteiger partial charge >= 0.3 is 6.09 Å². The molecular weight excluding hydrogens is 393 g/mol. The predicted molar refractivity (Wildman–Crippen MR) is 111 cm³/mol. The largest absolute Gasteiger partial charge is 0.444 e. The predicted octanol–water partition coefficient (Wildman–Crippen LogP) is 4.68. The summed E-state index contributed by atoms with van der Waals surface area (Å²) in [6, 6.07) is 5.85. The van der Waals surface area contributed by atoms with Crippen LogP contribution in [0.4, 0.5) is 9.18 Å². The highest BCUT2D eigenvalue weighted by Gasteiger charge is 2.28. The molecule has 1 aromatic heterocycles. The average molecular weight is 420 g/mol. The first-order valence-corrected chi connectivity index (χ1v) is 10.3. The standard InChI is InChI=1S/C20H26FN5O2S/c1-12(2)10-15(22-19(27)28-20(3,4)5)17-23-24-18-26(17)25-16(11-29-18)13-6-8-14(21)9-7-13/h6-9,11-12,15,25H,10H2,1-5H3,(H,22,27)/t15-/m0/s1. The van der Waals surface area contributed by atoms with E-state index in [1.165, 1.54) is 23.9 Å². The Kier molecular flexibility index (Phi) is 6.16. The first-order valence-electron chi connectivity index (χ1n) is 9.47. The first-order chi connectivity index (χ1) is 13.6. The lowest BCUT2D eigenvalue weighted by Gasteiger charge is -2.26. The zero-order valence-electron chi connectivity index (χ0n) is 17.2. The van der Waals surface area contributed by atoms with E-state index >= 15 is 0 Å². The molecule has 0 saturated heterocycles. The molecule has 0 aliphatic carbocycles. The highest BCUT2D eigenvalue weighted by atomic mass is 32.2. The van der Waals surface area contributed by atoms with Crippen molar-refractivity contribution in [1.29, 1.82) is 0 Å². The van der Waals surface area contributed by atoms with E-state index in [9.17, 15) is 9.18 Å². The molecule has 1 aliphatic rings. The van der Waals surface area contributed by atoms with Crippen LogP contribution in [0.25, 0.3) is 5.70 Å². The van der Waals surface area contributed by atoms with Crippen molar-refractivity contribution in [2.75, 3.05) is 5.43 Å². The van der Waals surface area contributed by atoms with E-state index in [0.717, 1.165) is 11.3 Å². The molecule has 7 nitrogen and oxygen atoms in total. The Bertz CT molecular complexity index is 903. The van der Waals surface area contributed by atoms with Crippen LogP contribution in [0.5, 0.6) is 0 Å². The number of thioether (sulfide) groups is 1. The van der Waals surface area contributed by atoms with Gasteiger partial charge in [-0.25, -0.2) is 13.9 Å². The van der Waals surface area contributed by atoms with E-state index in [4.69, 9.17) is 4.74 Å². The minimum atomic E-state index is -0.594. The number of benzene rings is 1. The summed E-state index contributed by atoms with van der Waals surface area (Å²) < 4.78 is 20.4. The third-order valence-electron chi connectivity index (χ3n) is 4.04. The molecule has 2 aromatic rings. The molecule has 0 bridgehead atoms. The molecule has 0 radical (unpaired) electrons. The van der Waals surface area contributed by atoms with Crippen LogP contribution in [0.1, 0.15) is 58.5 Å². The van der Waals surface area contributed by atoms with Gasteiger partial charge in [-0.2, -0.15) is 0 Å². The second-order valence-electron chi connectivity index (χ2n) is 8.27. The average Bonchev–Trinajstić information content (AvgIpc) is 3.03. The Morgan fingerprint density at radius 2 is 1.97 bits per heavy atom. The van der Waals surface area contributed by atoms with E-state index in [0.29, 0.717) is 23.3 Å². The number of aromatic nitrogens is 3. The number of hydrogen-bond acceptors (Lipinski definition) is 6. The minimum absolute atomic E-state index is 0.290. The van der Waals surface area contributed by atoms with Gasteiger partial charge in [0.25, 0.3) is 0 Å². The van der Waals surface area contributed by atoms with Crippen molar-refractivity contribution in [2.24, 2.45) is 5.92 Å². The van der Waals surface area contributed by atoms with E-state index in [1.54, 1.807) is 16.8 Å². The minimum Gasteiger partial charge on any atom is -0.444 e. The van der Waals surface area contributed by atoms with Crippen LogP contribution < -0.4 is 10.7 Å². The lowest BCUT2D eigenvalue weighted by Crippen LogP contribution is -2.37. The molecule has 0 spiro atoms. The summed E-state index contributed by atoms with van der Waals surface area (Å²) >= 11 is 1.41. The van der Waals surface area contributed by atoms with Crippen molar-refractivity contribution in [1.82, 2.24) is 20.2 Å². The van der Waals surface area contributed by atoms with Crippen molar-refractivity contribution < 1.29 is 13.9 Å². The Labute approximate surface area is 174 Å². The number of hydrogen-bond donors (Lipinski definition) is 2. The third-order valence-corrected chi connectivity index (χ3v) is 4.87. The zero-order chi connectivity index (χ0) is 21.2. The van der Waals surface area contributed by atoms with Gasteiger partial charge in [-0.15, -0.1) is 10.2 Å². The maximum Gasteiger partial charge on any atom is 0.408 e. The van der Waals surface area contributed by atoms with Crippen molar-refractivity contribution in [3.8, 4) is 0 Å². The van der Waals surface area contributed by atoms with Crippen LogP contribution in [0.15, 0.2) is 34.8 Å². The fourth-order valence-corrected chi connectivity index (χ4v) is 3.60. The second kappa shape index (κ2) is 8.44. The molecule has 29 heavy (non-hydrogen) atoms. The summed E-state index contributed by atoms with van der Waals surface area (Å²) in [5.41, 5.74) is 4.31. The van der Waals surface area contributed by atoms with Crippen LogP contribution in [0, 0.1) is 11.7 Å². The molecule has 3 rings (SSSR count). The molecule has 0 fully saturated rings. The number of halogens is 1. The van der Waals surface area contributed by atoms with E-state index in [-0.39, 0.29) is 11.9 Å². The SMILES string of the molecule is CC(C)C[C@H](NC(=O)OC(C)(C)C)c1nnc2n1NC(c1ccc(F)cc1)=CS2. The normalized spacial score (nSPS) is 14.7. The summed E-state index contributed by atoms with van der Waals surface area (Å²) in [5, 5.41) is 14.0. The van der Waals surface area contributed by atoms with Gasteiger partial charge < -0.3 is 10.1 Å². The summed E-state index contributed by atoms with van der Waals surface area (Å²) in [6.07, 6.45) is 0.164. The number of nitrogens with one attached hydrogen (secondary N) is 2. The fraction of sp³-hybridized carbons (Fsp3) is 0.450. The lowest BCUT2D eigenvalue weighted by molar-refractivity contribution is 0.0494. The maximum absolute atomic E-state index is 13.3. The van der Waals surface area contributed by atoms with Gasteiger partial charge in [0.05, 0.1) is 11.7 Å². The van der Waals surface area contributed by atoms with Crippen molar-refractivity contribution in [2.45, 2.75) is 57.8 Å². The van der Waals surface area contributed by atoms with Gasteiger partial charge in [0.1, 0.15) is 11.4 Å². The van der Waals surface area contributed by atoms with E-state index in [1.807, 2.05) is 26.2 Å². The molecule has 1 amide bonds. The number of rotatable bonds is 5. The molecule has 1 aromatic carbocycles. The topological polar surface area (TPSA) is 81.1 Å². The number of alkyl carbamates (subject to hydrolysis) is 1. The number of nitrogens with zero attached hydrogens (tertiary/aromatic N) is 3. The van der Waals surface area contributed by atoms with Crippen LogP contribution in [0.3, 0.4) is 0 Å². The highest BCUT2D eigenvalue weighted by Crippen LogP contribution is 2.31. The van der Waals surface area contributed by atoms with Gasteiger partial charge in [0.15, 0.2) is 5.82 Å². The summed E-state index contributed by atoms with van der Waals surface area (Å²) in [7, 11) is 0. The summed E-state index contributed by atoms with van der Waals surface area (Å²) in [4.78, 5) is 12.4. The van der Waals surface area contributed by atoms with Gasteiger partial charge in [0.2, 0.25) is 5.16 Å². The lowest BCUT2D eigenvalue weighted by atomic mass is 10.0. The second-order valence-corrected chi connectivity index (χ2v) is 9.11. The molecule has 0 saturated carbocycles. The van der Waals surface area contributed by atoms with E-state index < -0.39 is 11.7 Å². The first kappa shape index (κ1) is 21.2. The van der Waals surface area contributed by atoms with Crippen molar-refractivity contribution in [3.63, 3.8) is 0 Å². The third kappa shape index (κ3) is 5.50. The van der Waals surface area contributed by atoms with Gasteiger partial charge in [-0.1, -0.05) is 25.6 Å². The fourth-order valence-electron chi connectivity index (χ4n) is 2.86. The molecule has 9 heteroatoms. The molecule has 1 aliphatic heterocycles. The van der Waals surface area contributed by atoms with Crippen LogP contribution in [-0.2, 0) is 4.74 Å². The molecule has 1 atom stereocenters. The molecule has 2 N–H and O–H groups in total. The van der Waals surface area contributed by atoms with Crippen molar-refractivity contribution in [3.05, 3.63) is 46.9 Å². The monoisotopic (exact) mass is 419 g/mol. The number of carbonyl (C=O) groups excluding carboxylic acids is 1. The van der Waals surface area contributed by atoms with E-state index in [2.05, 4.69) is 34.8 Å². The van der Waals surface area contributed by atoms with Crippen LogP contribution in [0.2, 0.25) is 0 Å². The number of carbonyl (C=O) groups is 1. The van der Waals surface area contributed by atoms with Crippen molar-refractivity contribution >= 4 is 23.6 Å². The zero-order valence-corrected chi connectivity index (χ0v) is 18.0. The Morgan fingerprint density at radius 1 is 1.28 bits per heavy atom. The van der Waals surface area contributed by atoms with Gasteiger partial charge in [-0.05, 0) is 57.4 Å².